The number of carbonyl (C=O) groups excluding carboxylic acids is 2. The van der Waals surface area contributed by atoms with Crippen LogP contribution in [0.25, 0.3) is 0 Å². The smallest absolute Gasteiger partial charge is 0.253 e. The third-order valence-corrected chi connectivity index (χ3v) is 2.91. The molecule has 0 aliphatic rings. The highest BCUT2D eigenvalue weighted by atomic mass is 16.5. The summed E-state index contributed by atoms with van der Waals surface area (Å²) in [7, 11) is 1.48. The maximum atomic E-state index is 11.8. The lowest BCUT2D eigenvalue weighted by atomic mass is 10.1. The van der Waals surface area contributed by atoms with Gasteiger partial charge in [0.05, 0.1) is 0 Å². The van der Waals surface area contributed by atoms with Crippen molar-refractivity contribution in [3.05, 3.63) is 23.8 Å². The van der Waals surface area contributed by atoms with Gasteiger partial charge < -0.3 is 15.4 Å². The van der Waals surface area contributed by atoms with E-state index in [9.17, 15) is 9.59 Å². The molecule has 2 N–H and O–H groups in total. The van der Waals surface area contributed by atoms with Gasteiger partial charge in [-0.25, -0.2) is 0 Å². The van der Waals surface area contributed by atoms with Crippen LogP contribution >= 0.6 is 0 Å². The molecule has 0 saturated heterocycles. The maximum absolute atomic E-state index is 11.8. The molecule has 0 heterocycles. The third kappa shape index (κ3) is 4.06. The number of hydrogen-bond acceptors (Lipinski definition) is 3. The maximum Gasteiger partial charge on any atom is 0.253 e. The van der Waals surface area contributed by atoms with Gasteiger partial charge in [0, 0.05) is 24.9 Å². The molecular formula is C14H20N2O3. The number of nitrogens with one attached hydrogen (secondary N) is 2. The lowest BCUT2D eigenvalue weighted by Crippen LogP contribution is -2.27. The fraction of sp³-hybridized carbons (Fsp3) is 0.429. The molecule has 2 amide bonds. The zero-order valence-electron chi connectivity index (χ0n) is 11.7. The summed E-state index contributed by atoms with van der Waals surface area (Å²) in [5, 5.41) is 5.57. The molecule has 0 saturated carbocycles. The predicted molar refractivity (Wildman–Crippen MR) is 75.2 cm³/mol. The Hall–Kier alpha value is -1.88. The highest BCUT2D eigenvalue weighted by Crippen LogP contribution is 2.23. The van der Waals surface area contributed by atoms with E-state index in [0.29, 0.717) is 17.8 Å². The molecule has 0 spiro atoms. The molecule has 1 aromatic rings. The van der Waals surface area contributed by atoms with Crippen molar-refractivity contribution in [2.75, 3.05) is 17.7 Å². The van der Waals surface area contributed by atoms with Crippen molar-refractivity contribution >= 4 is 23.2 Å². The van der Waals surface area contributed by atoms with Crippen molar-refractivity contribution in [3.63, 3.8) is 0 Å². The first-order valence-electron chi connectivity index (χ1n) is 6.22. The molecule has 0 aliphatic heterocycles. The fourth-order valence-electron chi connectivity index (χ4n) is 1.49. The van der Waals surface area contributed by atoms with Crippen LogP contribution in [0.15, 0.2) is 18.2 Å². The van der Waals surface area contributed by atoms with Gasteiger partial charge in [0.15, 0.2) is 0 Å². The van der Waals surface area contributed by atoms with Gasteiger partial charge in [0.2, 0.25) is 5.91 Å². The van der Waals surface area contributed by atoms with Crippen molar-refractivity contribution in [2.45, 2.75) is 33.3 Å². The summed E-state index contributed by atoms with van der Waals surface area (Å²) in [5.74, 6) is -0.276. The van der Waals surface area contributed by atoms with E-state index in [-0.39, 0.29) is 11.8 Å². The molecule has 104 valence electrons. The molecule has 5 heteroatoms. The predicted octanol–water partition coefficient (Wildman–Crippen LogP) is 2.32. The molecule has 0 aliphatic carbocycles. The lowest BCUT2D eigenvalue weighted by Gasteiger charge is -2.15. The normalized spacial score (nSPS) is 11.8. The van der Waals surface area contributed by atoms with E-state index in [2.05, 4.69) is 10.6 Å². The van der Waals surface area contributed by atoms with Crippen molar-refractivity contribution in [1.29, 1.82) is 0 Å². The summed E-state index contributed by atoms with van der Waals surface area (Å²) in [6.07, 6.45) is -0.107. The first kappa shape index (κ1) is 15.2. The molecule has 0 radical (unpaired) electrons. The van der Waals surface area contributed by atoms with Crippen LogP contribution in [0.3, 0.4) is 0 Å². The number of benzene rings is 1. The van der Waals surface area contributed by atoms with Crippen LogP contribution in [0.4, 0.5) is 11.4 Å². The van der Waals surface area contributed by atoms with E-state index in [0.717, 1.165) is 5.56 Å². The Balaban J connectivity index is 2.88. The van der Waals surface area contributed by atoms with E-state index in [1.807, 2.05) is 6.92 Å². The van der Waals surface area contributed by atoms with Crippen LogP contribution in [-0.4, -0.2) is 25.0 Å². The van der Waals surface area contributed by atoms with Gasteiger partial charge in [-0.15, -0.1) is 0 Å². The Morgan fingerprint density at radius 1 is 1.26 bits per heavy atom. The summed E-state index contributed by atoms with van der Waals surface area (Å²) >= 11 is 0. The highest BCUT2D eigenvalue weighted by Gasteiger charge is 2.14. The van der Waals surface area contributed by atoms with Gasteiger partial charge in [-0.05, 0) is 31.5 Å². The van der Waals surface area contributed by atoms with Gasteiger partial charge in [-0.1, -0.05) is 13.0 Å². The molecule has 5 nitrogen and oxygen atoms in total. The molecule has 1 atom stereocenters. The molecule has 0 bridgehead atoms. The van der Waals surface area contributed by atoms with Crippen LogP contribution in [0.1, 0.15) is 25.8 Å². The van der Waals surface area contributed by atoms with Crippen molar-refractivity contribution in [1.82, 2.24) is 0 Å². The molecule has 0 aromatic heterocycles. The van der Waals surface area contributed by atoms with Crippen LogP contribution in [-0.2, 0) is 14.3 Å². The van der Waals surface area contributed by atoms with Crippen LogP contribution < -0.4 is 10.6 Å². The Morgan fingerprint density at radius 2 is 1.84 bits per heavy atom. The summed E-state index contributed by atoms with van der Waals surface area (Å²) < 4.78 is 4.95. The minimum Gasteiger partial charge on any atom is -0.372 e. The average Bonchev–Trinajstić information content (AvgIpc) is 2.41. The Bertz CT molecular complexity index is 472. The summed E-state index contributed by atoms with van der Waals surface area (Å²) in [6.45, 7) is 5.31. The van der Waals surface area contributed by atoms with E-state index < -0.39 is 6.10 Å². The molecule has 0 fully saturated rings. The Labute approximate surface area is 113 Å². The molecule has 1 aromatic carbocycles. The standard InChI is InChI=1S/C14H20N2O3/c1-5-13(17)15-11-7-6-8-12(9(11)2)16-14(18)10(3)19-4/h6-8,10H,5H2,1-4H3,(H,15,17)(H,16,18). The molecule has 19 heavy (non-hydrogen) atoms. The second kappa shape index (κ2) is 6.89. The van der Waals surface area contributed by atoms with Gasteiger partial charge in [0.25, 0.3) is 5.91 Å². The van der Waals surface area contributed by atoms with Crippen molar-refractivity contribution in [2.24, 2.45) is 0 Å². The second-order valence-electron chi connectivity index (χ2n) is 4.25. The van der Waals surface area contributed by atoms with Gasteiger partial charge in [-0.2, -0.15) is 0 Å². The number of hydrogen-bond donors (Lipinski definition) is 2. The van der Waals surface area contributed by atoms with Crippen LogP contribution in [0.5, 0.6) is 0 Å². The molecule has 1 unspecified atom stereocenters. The molecular weight excluding hydrogens is 244 g/mol. The SMILES string of the molecule is CCC(=O)Nc1cccc(NC(=O)C(C)OC)c1C. The monoisotopic (exact) mass is 264 g/mol. The number of ether oxygens (including phenoxy) is 1. The summed E-state index contributed by atoms with van der Waals surface area (Å²) in [4.78, 5) is 23.2. The third-order valence-electron chi connectivity index (χ3n) is 2.91. The minimum atomic E-state index is -0.520. The zero-order valence-corrected chi connectivity index (χ0v) is 11.7. The Morgan fingerprint density at radius 3 is 2.37 bits per heavy atom. The number of carbonyl (C=O) groups is 2. The topological polar surface area (TPSA) is 67.4 Å². The summed E-state index contributed by atoms with van der Waals surface area (Å²) in [5.41, 5.74) is 2.19. The number of methoxy groups -OCH3 is 1. The average molecular weight is 264 g/mol. The summed E-state index contributed by atoms with van der Waals surface area (Å²) in [6, 6.07) is 5.38. The Kier molecular flexibility index (Phi) is 5.51. The van der Waals surface area contributed by atoms with Gasteiger partial charge >= 0.3 is 0 Å². The minimum absolute atomic E-state index is 0.0585. The largest absolute Gasteiger partial charge is 0.372 e. The van der Waals surface area contributed by atoms with E-state index in [4.69, 9.17) is 4.74 Å². The second-order valence-corrected chi connectivity index (χ2v) is 4.25. The van der Waals surface area contributed by atoms with E-state index in [1.54, 1.807) is 32.0 Å². The number of amides is 2. The van der Waals surface area contributed by atoms with Crippen LogP contribution in [0.2, 0.25) is 0 Å². The van der Waals surface area contributed by atoms with Crippen LogP contribution in [0, 0.1) is 6.92 Å². The first-order valence-corrected chi connectivity index (χ1v) is 6.22. The highest BCUT2D eigenvalue weighted by molar-refractivity contribution is 5.97. The van der Waals surface area contributed by atoms with Crippen molar-refractivity contribution < 1.29 is 14.3 Å². The van der Waals surface area contributed by atoms with Gasteiger partial charge in [0.1, 0.15) is 6.10 Å². The van der Waals surface area contributed by atoms with Gasteiger partial charge in [-0.3, -0.25) is 9.59 Å². The number of rotatable bonds is 5. The van der Waals surface area contributed by atoms with Crippen molar-refractivity contribution in [3.8, 4) is 0 Å². The lowest BCUT2D eigenvalue weighted by molar-refractivity contribution is -0.124. The quantitative estimate of drug-likeness (QED) is 0.857. The zero-order chi connectivity index (χ0) is 14.4. The molecule has 1 rings (SSSR count). The fourth-order valence-corrected chi connectivity index (χ4v) is 1.49. The van der Waals surface area contributed by atoms with E-state index >= 15 is 0 Å². The number of anilines is 2. The first-order chi connectivity index (χ1) is 8.99. The van der Waals surface area contributed by atoms with E-state index in [1.165, 1.54) is 7.11 Å².